The number of carbonyl (C=O) groups excluding carboxylic acids is 1. The molecule has 0 spiro atoms. The zero-order valence-corrected chi connectivity index (χ0v) is 14.1. The van der Waals surface area contributed by atoms with E-state index in [1.807, 2.05) is 32.0 Å². The first-order valence-corrected chi connectivity index (χ1v) is 8.14. The van der Waals surface area contributed by atoms with Gasteiger partial charge < -0.3 is 4.90 Å². The molecule has 0 unspecified atom stereocenters. The van der Waals surface area contributed by atoms with E-state index in [-0.39, 0.29) is 11.1 Å². The molecule has 2 aromatic carbocycles. The van der Waals surface area contributed by atoms with Crippen molar-refractivity contribution in [2.45, 2.75) is 20.4 Å². The maximum Gasteiger partial charge on any atom is 0.282 e. The number of halogens is 1. The molecule has 0 aliphatic carbocycles. The highest BCUT2D eigenvalue weighted by atomic mass is 19.1. The maximum atomic E-state index is 13.6. The zero-order valence-electron chi connectivity index (χ0n) is 14.1. The molecule has 1 amide bonds. The Morgan fingerprint density at radius 2 is 1.88 bits per heavy atom. The van der Waals surface area contributed by atoms with Gasteiger partial charge in [0.25, 0.3) is 5.91 Å². The van der Waals surface area contributed by atoms with E-state index in [2.05, 4.69) is 5.10 Å². The molecule has 128 valence electrons. The minimum Gasteiger partial charge on any atom is -0.307 e. The summed E-state index contributed by atoms with van der Waals surface area (Å²) in [6, 6.07) is 13.0. The topological polar surface area (TPSA) is 55.2 Å². The Labute approximate surface area is 144 Å². The van der Waals surface area contributed by atoms with Crippen LogP contribution in [0.1, 0.15) is 24.3 Å². The van der Waals surface area contributed by atoms with E-state index < -0.39 is 17.2 Å². The van der Waals surface area contributed by atoms with Crippen molar-refractivity contribution in [3.63, 3.8) is 0 Å². The number of benzene rings is 2. The third-order valence-corrected chi connectivity index (χ3v) is 4.05. The second-order valence-corrected chi connectivity index (χ2v) is 5.54. The number of amides is 1. The molecular weight excluding hydrogens is 321 g/mol. The van der Waals surface area contributed by atoms with E-state index in [4.69, 9.17) is 0 Å². The number of fused-ring (bicyclic) bond motifs is 1. The van der Waals surface area contributed by atoms with E-state index in [1.165, 1.54) is 17.0 Å². The number of aromatic nitrogens is 2. The lowest BCUT2D eigenvalue weighted by Crippen LogP contribution is -2.36. The molecule has 6 heteroatoms. The molecule has 0 fully saturated rings. The number of rotatable bonds is 4. The predicted octanol–water partition coefficient (Wildman–Crippen LogP) is 3.22. The number of nitrogens with zero attached hydrogens (tertiary/aromatic N) is 3. The Kier molecular flexibility index (Phi) is 4.61. The second kappa shape index (κ2) is 6.84. The van der Waals surface area contributed by atoms with Gasteiger partial charge in [-0.3, -0.25) is 14.3 Å². The lowest BCUT2D eigenvalue weighted by molar-refractivity contribution is 0.0980. The molecule has 0 bridgehead atoms. The monoisotopic (exact) mass is 339 g/mol. The fourth-order valence-corrected chi connectivity index (χ4v) is 2.82. The summed E-state index contributed by atoms with van der Waals surface area (Å²) in [7, 11) is 0. The van der Waals surface area contributed by atoms with Crippen molar-refractivity contribution in [3.05, 3.63) is 70.3 Å². The first kappa shape index (κ1) is 16.8. The molecule has 3 rings (SSSR count). The quantitative estimate of drug-likeness (QED) is 0.733. The maximum absolute atomic E-state index is 13.6. The van der Waals surface area contributed by atoms with Crippen LogP contribution in [0.25, 0.3) is 10.9 Å². The van der Waals surface area contributed by atoms with Crippen LogP contribution in [-0.2, 0) is 6.54 Å². The normalized spacial score (nSPS) is 10.8. The van der Waals surface area contributed by atoms with Crippen molar-refractivity contribution in [1.82, 2.24) is 9.78 Å². The van der Waals surface area contributed by atoms with Crippen LogP contribution in [0.15, 0.2) is 53.3 Å². The van der Waals surface area contributed by atoms with Gasteiger partial charge in [0.05, 0.1) is 10.9 Å². The fourth-order valence-electron chi connectivity index (χ4n) is 2.82. The highest BCUT2D eigenvalue weighted by Crippen LogP contribution is 2.17. The summed E-state index contributed by atoms with van der Waals surface area (Å²) in [5.74, 6) is -1.01. The standard InChI is InChI=1S/C19H18FN3O2/c1-3-22(14-8-6-5-7-9-14)19(25)17-18(24)15-12-13(20)10-11-16(15)23(4-2)21-17/h5-12H,3-4H2,1-2H3. The number of hydrogen-bond donors (Lipinski definition) is 0. The summed E-state index contributed by atoms with van der Waals surface area (Å²) in [5.41, 5.74) is 0.427. The molecule has 0 saturated carbocycles. The van der Waals surface area contributed by atoms with Crippen LogP contribution in [0.3, 0.4) is 0 Å². The Morgan fingerprint density at radius 1 is 1.16 bits per heavy atom. The lowest BCUT2D eigenvalue weighted by atomic mass is 10.1. The van der Waals surface area contributed by atoms with Crippen LogP contribution in [0.5, 0.6) is 0 Å². The summed E-state index contributed by atoms with van der Waals surface area (Å²) in [6.45, 7) is 4.52. The van der Waals surface area contributed by atoms with Gasteiger partial charge in [-0.2, -0.15) is 5.10 Å². The number of aryl methyl sites for hydroxylation is 1. The fraction of sp³-hybridized carbons (Fsp3) is 0.211. The SMILES string of the molecule is CCN(C(=O)c1nn(CC)c2ccc(F)cc2c1=O)c1ccccc1. The Balaban J connectivity index is 2.19. The molecule has 0 aliphatic heterocycles. The van der Waals surface area contributed by atoms with E-state index >= 15 is 0 Å². The summed E-state index contributed by atoms with van der Waals surface area (Å²) >= 11 is 0. The van der Waals surface area contributed by atoms with Crippen molar-refractivity contribution in [2.24, 2.45) is 0 Å². The number of carbonyl (C=O) groups is 1. The molecule has 0 saturated heterocycles. The van der Waals surface area contributed by atoms with Crippen LogP contribution >= 0.6 is 0 Å². The zero-order chi connectivity index (χ0) is 18.0. The predicted molar refractivity (Wildman–Crippen MR) is 95.4 cm³/mol. The van der Waals surface area contributed by atoms with E-state index in [9.17, 15) is 14.0 Å². The Morgan fingerprint density at radius 3 is 2.52 bits per heavy atom. The average molecular weight is 339 g/mol. The molecule has 0 N–H and O–H groups in total. The number of anilines is 1. The summed E-state index contributed by atoms with van der Waals surface area (Å²) in [4.78, 5) is 27.2. The summed E-state index contributed by atoms with van der Waals surface area (Å²) in [6.07, 6.45) is 0. The third-order valence-electron chi connectivity index (χ3n) is 4.05. The third kappa shape index (κ3) is 3.03. The van der Waals surface area contributed by atoms with Crippen LogP contribution in [0.2, 0.25) is 0 Å². The summed E-state index contributed by atoms with van der Waals surface area (Å²) in [5, 5.41) is 4.39. The van der Waals surface area contributed by atoms with Crippen LogP contribution in [0.4, 0.5) is 10.1 Å². The van der Waals surface area contributed by atoms with Gasteiger partial charge in [0.1, 0.15) is 5.82 Å². The van der Waals surface area contributed by atoms with Gasteiger partial charge in [0.2, 0.25) is 5.43 Å². The molecular formula is C19H18FN3O2. The highest BCUT2D eigenvalue weighted by Gasteiger charge is 2.23. The van der Waals surface area contributed by atoms with Gasteiger partial charge in [0.15, 0.2) is 5.69 Å². The molecule has 5 nitrogen and oxygen atoms in total. The van der Waals surface area contributed by atoms with E-state index in [0.29, 0.717) is 24.3 Å². The second-order valence-electron chi connectivity index (χ2n) is 5.54. The van der Waals surface area contributed by atoms with Gasteiger partial charge >= 0.3 is 0 Å². The minimum absolute atomic E-state index is 0.157. The molecule has 3 aromatic rings. The van der Waals surface area contributed by atoms with Crippen LogP contribution in [-0.4, -0.2) is 22.2 Å². The van der Waals surface area contributed by atoms with Gasteiger partial charge in [-0.05, 0) is 44.2 Å². The van der Waals surface area contributed by atoms with Crippen LogP contribution in [0, 0.1) is 5.82 Å². The van der Waals surface area contributed by atoms with Crippen molar-refractivity contribution in [1.29, 1.82) is 0 Å². The smallest absolute Gasteiger partial charge is 0.282 e. The van der Waals surface area contributed by atoms with E-state index in [1.54, 1.807) is 16.8 Å². The molecule has 0 atom stereocenters. The first-order valence-electron chi connectivity index (χ1n) is 8.14. The largest absolute Gasteiger partial charge is 0.307 e. The van der Waals surface area contributed by atoms with Gasteiger partial charge in [-0.25, -0.2) is 4.39 Å². The van der Waals surface area contributed by atoms with E-state index in [0.717, 1.165) is 6.07 Å². The van der Waals surface area contributed by atoms with Crippen LogP contribution < -0.4 is 10.3 Å². The molecule has 0 aliphatic rings. The van der Waals surface area contributed by atoms with Crippen molar-refractivity contribution in [3.8, 4) is 0 Å². The van der Waals surface area contributed by atoms with Crippen molar-refractivity contribution >= 4 is 22.5 Å². The van der Waals surface area contributed by atoms with Gasteiger partial charge in [0, 0.05) is 18.8 Å². The summed E-state index contributed by atoms with van der Waals surface area (Å²) < 4.78 is 15.2. The Bertz CT molecular complexity index is 983. The van der Waals surface area contributed by atoms with Crippen molar-refractivity contribution < 1.29 is 9.18 Å². The van der Waals surface area contributed by atoms with Gasteiger partial charge in [-0.1, -0.05) is 18.2 Å². The molecule has 25 heavy (non-hydrogen) atoms. The first-order chi connectivity index (χ1) is 12.1. The average Bonchev–Trinajstić information content (AvgIpc) is 2.64. The molecule has 1 heterocycles. The highest BCUT2D eigenvalue weighted by molar-refractivity contribution is 6.06. The molecule has 1 aromatic heterocycles. The number of para-hydroxylation sites is 1. The Hall–Kier alpha value is -3.02. The molecule has 0 radical (unpaired) electrons. The van der Waals surface area contributed by atoms with Crippen molar-refractivity contribution in [2.75, 3.05) is 11.4 Å². The minimum atomic E-state index is -0.557. The van der Waals surface area contributed by atoms with Gasteiger partial charge in [-0.15, -0.1) is 0 Å². The lowest BCUT2D eigenvalue weighted by Gasteiger charge is -2.21. The number of hydrogen-bond acceptors (Lipinski definition) is 3.